The Bertz CT molecular complexity index is 509. The maximum atomic E-state index is 8.87. The van der Waals surface area contributed by atoms with Crippen molar-refractivity contribution in [2.24, 2.45) is 5.73 Å². The van der Waals surface area contributed by atoms with Crippen molar-refractivity contribution in [2.75, 3.05) is 13.2 Å². The van der Waals surface area contributed by atoms with Crippen molar-refractivity contribution in [1.29, 1.82) is 0 Å². The van der Waals surface area contributed by atoms with E-state index in [4.69, 9.17) is 15.6 Å². The van der Waals surface area contributed by atoms with Gasteiger partial charge in [-0.1, -0.05) is 36.4 Å². The summed E-state index contributed by atoms with van der Waals surface area (Å²) in [5.74, 6) is 0.784. The van der Waals surface area contributed by atoms with Crippen molar-refractivity contribution in [2.45, 2.75) is 13.0 Å². The fraction of sp³-hybridized carbons (Fsp3) is 0.286. The van der Waals surface area contributed by atoms with Crippen LogP contribution in [0.2, 0.25) is 0 Å². The minimum Gasteiger partial charge on any atom is -0.490 e. The van der Waals surface area contributed by atoms with Crippen LogP contribution in [0, 0.1) is 0 Å². The van der Waals surface area contributed by atoms with Crippen LogP contribution >= 0.6 is 0 Å². The van der Waals surface area contributed by atoms with E-state index in [9.17, 15) is 0 Å². The smallest absolute Gasteiger partial charge is 0.131 e. The van der Waals surface area contributed by atoms with Crippen LogP contribution in [0.15, 0.2) is 36.4 Å². The molecule has 0 spiro atoms. The van der Waals surface area contributed by atoms with Crippen molar-refractivity contribution < 1.29 is 9.84 Å². The molecule has 0 radical (unpaired) electrons. The van der Waals surface area contributed by atoms with Gasteiger partial charge < -0.3 is 15.6 Å². The Labute approximate surface area is 101 Å². The number of fused-ring (bicyclic) bond motifs is 1. The van der Waals surface area contributed by atoms with E-state index in [0.29, 0.717) is 0 Å². The number of nitrogens with two attached hydrogens (primary N) is 1. The van der Waals surface area contributed by atoms with Gasteiger partial charge >= 0.3 is 0 Å². The summed E-state index contributed by atoms with van der Waals surface area (Å²) >= 11 is 0. The van der Waals surface area contributed by atoms with Gasteiger partial charge in [0.05, 0.1) is 6.61 Å². The Morgan fingerprint density at radius 1 is 1.24 bits per heavy atom. The zero-order chi connectivity index (χ0) is 12.3. The van der Waals surface area contributed by atoms with E-state index in [-0.39, 0.29) is 19.3 Å². The van der Waals surface area contributed by atoms with Crippen LogP contribution in [-0.4, -0.2) is 18.3 Å². The van der Waals surface area contributed by atoms with Crippen LogP contribution in [0.1, 0.15) is 18.5 Å². The SMILES string of the molecule is C[C@@H](N)c1ccc2ccccc2c1OCCO. The lowest BCUT2D eigenvalue weighted by molar-refractivity contribution is 0.201. The third-order valence-electron chi connectivity index (χ3n) is 2.74. The van der Waals surface area contributed by atoms with Gasteiger partial charge in [-0.15, -0.1) is 0 Å². The summed E-state index contributed by atoms with van der Waals surface area (Å²) in [4.78, 5) is 0. The predicted octanol–water partition coefficient (Wildman–Crippen LogP) is 2.23. The number of ether oxygens (including phenoxy) is 1. The Kier molecular flexibility index (Phi) is 3.61. The van der Waals surface area contributed by atoms with Crippen molar-refractivity contribution in [1.82, 2.24) is 0 Å². The highest BCUT2D eigenvalue weighted by molar-refractivity contribution is 5.89. The van der Waals surface area contributed by atoms with Crippen molar-refractivity contribution in [3.63, 3.8) is 0 Å². The molecule has 0 aliphatic rings. The molecule has 0 unspecified atom stereocenters. The van der Waals surface area contributed by atoms with Crippen LogP contribution < -0.4 is 10.5 Å². The number of aliphatic hydroxyl groups excluding tert-OH is 1. The van der Waals surface area contributed by atoms with Crippen molar-refractivity contribution in [3.8, 4) is 5.75 Å². The minimum absolute atomic E-state index is 0.00160. The Hall–Kier alpha value is -1.58. The van der Waals surface area contributed by atoms with E-state index in [1.807, 2.05) is 43.3 Å². The Balaban J connectivity index is 2.57. The molecule has 0 aliphatic heterocycles. The molecular formula is C14H17NO2. The molecule has 0 heterocycles. The van der Waals surface area contributed by atoms with E-state index >= 15 is 0 Å². The molecule has 0 aromatic heterocycles. The molecular weight excluding hydrogens is 214 g/mol. The van der Waals surface area contributed by atoms with E-state index in [0.717, 1.165) is 22.1 Å². The zero-order valence-corrected chi connectivity index (χ0v) is 9.89. The second kappa shape index (κ2) is 5.17. The first-order valence-corrected chi connectivity index (χ1v) is 5.75. The van der Waals surface area contributed by atoms with Gasteiger partial charge in [-0.05, 0) is 12.3 Å². The standard InChI is InChI=1S/C14H17NO2/c1-10(15)12-7-6-11-4-2-3-5-13(11)14(12)17-9-8-16/h2-7,10,16H,8-9,15H2,1H3/t10-/m1/s1. The van der Waals surface area contributed by atoms with Crippen LogP contribution in [-0.2, 0) is 0 Å². The van der Waals surface area contributed by atoms with Crippen molar-refractivity contribution in [3.05, 3.63) is 42.0 Å². The minimum atomic E-state index is -0.0895. The molecule has 0 aliphatic carbocycles. The van der Waals surface area contributed by atoms with Gasteiger partial charge in [0.1, 0.15) is 12.4 Å². The maximum Gasteiger partial charge on any atom is 0.131 e. The first-order valence-electron chi connectivity index (χ1n) is 5.75. The lowest BCUT2D eigenvalue weighted by Gasteiger charge is -2.16. The monoisotopic (exact) mass is 231 g/mol. The molecule has 2 aromatic carbocycles. The van der Waals surface area contributed by atoms with Gasteiger partial charge in [0.15, 0.2) is 0 Å². The number of hydrogen-bond acceptors (Lipinski definition) is 3. The summed E-state index contributed by atoms with van der Waals surface area (Å²) in [5.41, 5.74) is 6.90. The van der Waals surface area contributed by atoms with E-state index < -0.39 is 0 Å². The molecule has 2 aromatic rings. The highest BCUT2D eigenvalue weighted by atomic mass is 16.5. The van der Waals surface area contributed by atoms with Crippen LogP contribution in [0.5, 0.6) is 5.75 Å². The molecule has 3 nitrogen and oxygen atoms in total. The number of benzene rings is 2. The van der Waals surface area contributed by atoms with Crippen LogP contribution in [0.3, 0.4) is 0 Å². The predicted molar refractivity (Wildman–Crippen MR) is 69.1 cm³/mol. The number of rotatable bonds is 4. The summed E-state index contributed by atoms with van der Waals surface area (Å²) < 4.78 is 5.63. The lowest BCUT2D eigenvalue weighted by atomic mass is 10.0. The molecule has 90 valence electrons. The van der Waals surface area contributed by atoms with Gasteiger partial charge in [-0.25, -0.2) is 0 Å². The molecule has 0 saturated heterocycles. The fourth-order valence-corrected chi connectivity index (χ4v) is 1.93. The largest absolute Gasteiger partial charge is 0.490 e. The summed E-state index contributed by atoms with van der Waals surface area (Å²) in [6, 6.07) is 11.9. The molecule has 17 heavy (non-hydrogen) atoms. The maximum absolute atomic E-state index is 8.87. The summed E-state index contributed by atoms with van der Waals surface area (Å²) in [7, 11) is 0. The van der Waals surface area contributed by atoms with Crippen LogP contribution in [0.25, 0.3) is 10.8 Å². The van der Waals surface area contributed by atoms with Crippen LogP contribution in [0.4, 0.5) is 0 Å². The molecule has 0 bridgehead atoms. The van der Waals surface area contributed by atoms with E-state index in [1.54, 1.807) is 0 Å². The number of aliphatic hydroxyl groups is 1. The van der Waals surface area contributed by atoms with Gasteiger partial charge in [-0.2, -0.15) is 0 Å². The average molecular weight is 231 g/mol. The highest BCUT2D eigenvalue weighted by Gasteiger charge is 2.11. The lowest BCUT2D eigenvalue weighted by Crippen LogP contribution is -2.10. The summed E-state index contributed by atoms with van der Waals surface area (Å²) in [6.07, 6.45) is 0. The summed E-state index contributed by atoms with van der Waals surface area (Å²) in [6.45, 7) is 2.21. The third kappa shape index (κ3) is 2.40. The quantitative estimate of drug-likeness (QED) is 0.848. The van der Waals surface area contributed by atoms with Gasteiger partial charge in [0, 0.05) is 17.0 Å². The van der Waals surface area contributed by atoms with Gasteiger partial charge in [-0.3, -0.25) is 0 Å². The molecule has 2 rings (SSSR count). The zero-order valence-electron chi connectivity index (χ0n) is 9.89. The molecule has 1 atom stereocenters. The Morgan fingerprint density at radius 2 is 2.00 bits per heavy atom. The van der Waals surface area contributed by atoms with Gasteiger partial charge in [0.2, 0.25) is 0 Å². The van der Waals surface area contributed by atoms with E-state index in [1.165, 1.54) is 0 Å². The number of hydrogen-bond donors (Lipinski definition) is 2. The van der Waals surface area contributed by atoms with E-state index in [2.05, 4.69) is 0 Å². The topological polar surface area (TPSA) is 55.5 Å². The normalized spacial score (nSPS) is 12.6. The first kappa shape index (κ1) is 11.9. The third-order valence-corrected chi connectivity index (χ3v) is 2.74. The average Bonchev–Trinajstić information content (AvgIpc) is 2.35. The molecule has 0 saturated carbocycles. The molecule has 0 amide bonds. The molecule has 3 N–H and O–H groups in total. The van der Waals surface area contributed by atoms with Crippen molar-refractivity contribution >= 4 is 10.8 Å². The first-order chi connectivity index (χ1) is 8.24. The molecule has 0 fully saturated rings. The second-order valence-corrected chi connectivity index (χ2v) is 4.07. The summed E-state index contributed by atoms with van der Waals surface area (Å²) in [5, 5.41) is 11.0. The fourth-order valence-electron chi connectivity index (χ4n) is 1.93. The molecule has 3 heteroatoms. The highest BCUT2D eigenvalue weighted by Crippen LogP contribution is 2.32. The Morgan fingerprint density at radius 3 is 2.71 bits per heavy atom. The van der Waals surface area contributed by atoms with Gasteiger partial charge in [0.25, 0.3) is 0 Å². The second-order valence-electron chi connectivity index (χ2n) is 4.07.